The number of aromatic nitrogens is 2. The van der Waals surface area contributed by atoms with Gasteiger partial charge < -0.3 is 9.88 Å². The number of halogens is 1. The minimum Gasteiger partial charge on any atom is -0.349 e. The van der Waals surface area contributed by atoms with Crippen molar-refractivity contribution in [3.05, 3.63) is 53.4 Å². The summed E-state index contributed by atoms with van der Waals surface area (Å²) in [5, 5.41) is 3.40. The summed E-state index contributed by atoms with van der Waals surface area (Å²) in [6.07, 6.45) is 12.2. The predicted molar refractivity (Wildman–Crippen MR) is 77.1 cm³/mol. The van der Waals surface area contributed by atoms with Crippen LogP contribution >= 0.6 is 0 Å². The van der Waals surface area contributed by atoms with Crippen molar-refractivity contribution in [2.24, 2.45) is 0 Å². The molecule has 106 valence electrons. The summed E-state index contributed by atoms with van der Waals surface area (Å²) in [5.74, 6) is -0.274. The predicted octanol–water partition coefficient (Wildman–Crippen LogP) is 3.06. The number of pyridine rings is 1. The summed E-state index contributed by atoms with van der Waals surface area (Å²) < 4.78 is 15.3. The van der Waals surface area contributed by atoms with Crippen LogP contribution in [0.5, 0.6) is 0 Å². The molecule has 0 saturated heterocycles. The molecular formula is C16H20FN3. The molecule has 20 heavy (non-hydrogen) atoms. The van der Waals surface area contributed by atoms with Crippen LogP contribution in [0.2, 0.25) is 0 Å². The van der Waals surface area contributed by atoms with Crippen molar-refractivity contribution in [2.45, 2.75) is 38.3 Å². The first-order valence-electron chi connectivity index (χ1n) is 7.21. The van der Waals surface area contributed by atoms with Gasteiger partial charge in [-0.2, -0.15) is 0 Å². The van der Waals surface area contributed by atoms with Crippen molar-refractivity contribution in [1.29, 1.82) is 0 Å². The van der Waals surface area contributed by atoms with Crippen LogP contribution < -0.4 is 5.32 Å². The number of nitrogens with one attached hydrogen (secondary N) is 1. The first-order valence-corrected chi connectivity index (χ1v) is 7.21. The third-order valence-corrected chi connectivity index (χ3v) is 4.04. The second-order valence-corrected chi connectivity index (χ2v) is 5.51. The zero-order valence-corrected chi connectivity index (χ0v) is 11.8. The molecule has 1 aliphatic carbocycles. The Morgan fingerprint density at radius 3 is 3.05 bits per heavy atom. The van der Waals surface area contributed by atoms with Crippen molar-refractivity contribution >= 4 is 0 Å². The molecule has 0 radical (unpaired) electrons. The standard InChI is InChI=1S/C16H20FN3/c1-18-16-5-3-2-4-13-10-20(11-15(13)16)9-12-6-14(17)8-19-7-12/h6-8,10-11,16,18H,2-5,9H2,1H3. The molecule has 4 heteroatoms. The lowest BCUT2D eigenvalue weighted by molar-refractivity contribution is 0.531. The summed E-state index contributed by atoms with van der Waals surface area (Å²) in [6, 6.07) is 1.99. The summed E-state index contributed by atoms with van der Waals surface area (Å²) in [4.78, 5) is 3.91. The van der Waals surface area contributed by atoms with Gasteiger partial charge in [0.1, 0.15) is 5.82 Å². The summed E-state index contributed by atoms with van der Waals surface area (Å²) in [5.41, 5.74) is 3.72. The first-order chi connectivity index (χ1) is 9.76. The molecule has 2 aromatic heterocycles. The normalized spacial score (nSPS) is 18.6. The van der Waals surface area contributed by atoms with Gasteiger partial charge in [0.2, 0.25) is 0 Å². The van der Waals surface area contributed by atoms with Crippen LogP contribution in [0.1, 0.15) is 42.0 Å². The SMILES string of the molecule is CNC1CCCCc2cn(Cc3cncc(F)c3)cc21. The van der Waals surface area contributed by atoms with E-state index in [1.165, 1.54) is 36.6 Å². The molecule has 0 fully saturated rings. The largest absolute Gasteiger partial charge is 0.349 e. The summed E-state index contributed by atoms with van der Waals surface area (Å²) >= 11 is 0. The molecule has 0 aromatic carbocycles. The fraction of sp³-hybridized carbons (Fsp3) is 0.438. The van der Waals surface area contributed by atoms with E-state index in [4.69, 9.17) is 0 Å². The van der Waals surface area contributed by atoms with Crippen LogP contribution in [0, 0.1) is 5.82 Å². The van der Waals surface area contributed by atoms with Gasteiger partial charge in [-0.3, -0.25) is 4.98 Å². The molecule has 0 aliphatic heterocycles. The van der Waals surface area contributed by atoms with E-state index in [-0.39, 0.29) is 5.82 Å². The molecule has 0 amide bonds. The molecule has 1 N–H and O–H groups in total. The average molecular weight is 273 g/mol. The van der Waals surface area contributed by atoms with Gasteiger partial charge in [0.05, 0.1) is 6.20 Å². The summed E-state index contributed by atoms with van der Waals surface area (Å²) in [6.45, 7) is 0.675. The fourth-order valence-corrected chi connectivity index (χ4v) is 3.06. The van der Waals surface area contributed by atoms with Gasteiger partial charge in [0.25, 0.3) is 0 Å². The highest BCUT2D eigenvalue weighted by Crippen LogP contribution is 2.29. The highest BCUT2D eigenvalue weighted by molar-refractivity contribution is 5.30. The molecule has 2 heterocycles. The Morgan fingerprint density at radius 2 is 2.25 bits per heavy atom. The van der Waals surface area contributed by atoms with E-state index in [1.807, 2.05) is 7.05 Å². The number of fused-ring (bicyclic) bond motifs is 1. The van der Waals surface area contributed by atoms with Gasteiger partial charge in [0, 0.05) is 31.2 Å². The molecule has 2 aromatic rings. The van der Waals surface area contributed by atoms with Gasteiger partial charge in [-0.15, -0.1) is 0 Å². The van der Waals surface area contributed by atoms with Gasteiger partial charge in [-0.1, -0.05) is 6.42 Å². The van der Waals surface area contributed by atoms with Crippen LogP contribution in [-0.4, -0.2) is 16.6 Å². The maximum Gasteiger partial charge on any atom is 0.141 e. The van der Waals surface area contributed by atoms with Gasteiger partial charge in [0.15, 0.2) is 0 Å². The average Bonchev–Trinajstić information content (AvgIpc) is 2.72. The van der Waals surface area contributed by atoms with Crippen molar-refractivity contribution in [3.8, 4) is 0 Å². The smallest absolute Gasteiger partial charge is 0.141 e. The summed E-state index contributed by atoms with van der Waals surface area (Å²) in [7, 11) is 2.02. The van der Waals surface area contributed by atoms with Crippen molar-refractivity contribution in [1.82, 2.24) is 14.9 Å². The minimum atomic E-state index is -0.274. The molecule has 3 nitrogen and oxygen atoms in total. The van der Waals surface area contributed by atoms with E-state index >= 15 is 0 Å². The highest BCUT2D eigenvalue weighted by atomic mass is 19.1. The third-order valence-electron chi connectivity index (χ3n) is 4.04. The van der Waals surface area contributed by atoms with Gasteiger partial charge >= 0.3 is 0 Å². The molecule has 0 saturated carbocycles. The van der Waals surface area contributed by atoms with Gasteiger partial charge in [-0.25, -0.2) is 4.39 Å². The first kappa shape index (κ1) is 13.3. The molecular weight excluding hydrogens is 253 g/mol. The molecule has 1 aliphatic rings. The van der Waals surface area contributed by atoms with Crippen LogP contribution in [-0.2, 0) is 13.0 Å². The van der Waals surface area contributed by atoms with E-state index in [2.05, 4.69) is 27.3 Å². The molecule has 1 atom stereocenters. The molecule has 0 bridgehead atoms. The Labute approximate surface area is 118 Å². The van der Waals surface area contributed by atoms with E-state index in [0.29, 0.717) is 12.6 Å². The molecule has 0 spiro atoms. The second-order valence-electron chi connectivity index (χ2n) is 5.51. The second kappa shape index (κ2) is 5.75. The van der Waals surface area contributed by atoms with Crippen molar-refractivity contribution < 1.29 is 4.39 Å². The number of aryl methyl sites for hydroxylation is 1. The fourth-order valence-electron chi connectivity index (χ4n) is 3.06. The Morgan fingerprint density at radius 1 is 1.35 bits per heavy atom. The van der Waals surface area contributed by atoms with Crippen LogP contribution in [0.15, 0.2) is 30.9 Å². The maximum absolute atomic E-state index is 13.2. The van der Waals surface area contributed by atoms with Crippen molar-refractivity contribution in [3.63, 3.8) is 0 Å². The van der Waals surface area contributed by atoms with Crippen LogP contribution in [0.25, 0.3) is 0 Å². The van der Waals surface area contributed by atoms with Crippen molar-refractivity contribution in [2.75, 3.05) is 7.05 Å². The number of rotatable bonds is 3. The Hall–Kier alpha value is -1.68. The zero-order valence-electron chi connectivity index (χ0n) is 11.8. The lowest BCUT2D eigenvalue weighted by atomic mass is 10.1. The monoisotopic (exact) mass is 273 g/mol. The van der Waals surface area contributed by atoms with Crippen LogP contribution in [0.3, 0.4) is 0 Å². The Bertz CT molecular complexity index is 591. The lowest BCUT2D eigenvalue weighted by Gasteiger charge is -2.13. The van der Waals surface area contributed by atoms with E-state index in [0.717, 1.165) is 12.0 Å². The third kappa shape index (κ3) is 2.75. The zero-order chi connectivity index (χ0) is 13.9. The number of hydrogen-bond acceptors (Lipinski definition) is 2. The van der Waals surface area contributed by atoms with Crippen LogP contribution in [0.4, 0.5) is 4.39 Å². The molecule has 3 rings (SSSR count). The van der Waals surface area contributed by atoms with E-state index in [1.54, 1.807) is 12.3 Å². The minimum absolute atomic E-state index is 0.274. The quantitative estimate of drug-likeness (QED) is 0.871. The van der Waals surface area contributed by atoms with Gasteiger partial charge in [-0.05, 0) is 49.1 Å². The highest BCUT2D eigenvalue weighted by Gasteiger charge is 2.19. The topological polar surface area (TPSA) is 29.9 Å². The van der Waals surface area contributed by atoms with E-state index < -0.39 is 0 Å². The number of nitrogens with zero attached hydrogens (tertiary/aromatic N) is 2. The number of hydrogen-bond donors (Lipinski definition) is 1. The maximum atomic E-state index is 13.2. The molecule has 1 unspecified atom stereocenters. The lowest BCUT2D eigenvalue weighted by Crippen LogP contribution is -2.15. The Kier molecular flexibility index (Phi) is 3.83. The Balaban J connectivity index is 1.85. The van der Waals surface area contributed by atoms with E-state index in [9.17, 15) is 4.39 Å².